The second kappa shape index (κ2) is 7.24. The van der Waals surface area contributed by atoms with E-state index in [2.05, 4.69) is 126 Å². The molecule has 0 atom stereocenters. The highest BCUT2D eigenvalue weighted by atomic mass is 16.3. The minimum Gasteiger partial charge on any atom is -0.455 e. The zero-order chi connectivity index (χ0) is 24.8. The van der Waals surface area contributed by atoms with Gasteiger partial charge in [-0.3, -0.25) is 0 Å². The topological polar surface area (TPSA) is 18.1 Å². The van der Waals surface area contributed by atoms with E-state index in [4.69, 9.17) is 4.42 Å². The number of fused-ring (bicyclic) bond motifs is 11. The first-order valence-corrected chi connectivity index (χ1v) is 13.0. The molecular weight excluding hydrogens is 462 g/mol. The van der Waals surface area contributed by atoms with Crippen molar-refractivity contribution in [1.29, 1.82) is 0 Å². The van der Waals surface area contributed by atoms with Crippen molar-refractivity contribution in [1.82, 2.24) is 4.57 Å². The molecule has 38 heavy (non-hydrogen) atoms. The second-order valence-electron chi connectivity index (χ2n) is 10.2. The first kappa shape index (κ1) is 20.0. The Morgan fingerprint density at radius 3 is 1.92 bits per heavy atom. The molecule has 0 saturated heterocycles. The number of rotatable bonds is 1. The summed E-state index contributed by atoms with van der Waals surface area (Å²) in [4.78, 5) is 0. The third-order valence-corrected chi connectivity index (χ3v) is 8.12. The van der Waals surface area contributed by atoms with Crippen LogP contribution in [0.3, 0.4) is 0 Å². The fourth-order valence-corrected chi connectivity index (χ4v) is 6.43. The molecule has 9 rings (SSSR count). The molecule has 2 nitrogen and oxygen atoms in total. The van der Waals surface area contributed by atoms with Crippen LogP contribution in [0.25, 0.3) is 81.7 Å². The quantitative estimate of drug-likeness (QED) is 0.227. The van der Waals surface area contributed by atoms with E-state index in [1.165, 1.54) is 54.4 Å². The van der Waals surface area contributed by atoms with E-state index in [0.29, 0.717) is 0 Å². The zero-order valence-corrected chi connectivity index (χ0v) is 20.5. The Labute approximate surface area is 217 Å². The van der Waals surface area contributed by atoms with Crippen LogP contribution in [0.4, 0.5) is 0 Å². The smallest absolute Gasteiger partial charge is 0.143 e. The molecule has 7 aromatic carbocycles. The molecule has 0 fully saturated rings. The number of hydrogen-bond acceptors (Lipinski definition) is 1. The monoisotopic (exact) mass is 483 g/mol. The van der Waals surface area contributed by atoms with Gasteiger partial charge >= 0.3 is 0 Å². The molecule has 2 heteroatoms. The normalized spacial score (nSPS) is 12.2. The Balaban J connectivity index is 1.57. The van der Waals surface area contributed by atoms with Crippen LogP contribution >= 0.6 is 0 Å². The van der Waals surface area contributed by atoms with Crippen LogP contribution in [0, 0.1) is 0 Å². The lowest BCUT2D eigenvalue weighted by Crippen LogP contribution is -1.96. The molecular formula is C36H21NO. The predicted octanol–water partition coefficient (Wildman–Crippen LogP) is 10.1. The molecule has 0 spiro atoms. The van der Waals surface area contributed by atoms with Gasteiger partial charge in [0, 0.05) is 37.7 Å². The molecule has 0 radical (unpaired) electrons. The van der Waals surface area contributed by atoms with Crippen molar-refractivity contribution in [2.24, 2.45) is 0 Å². The Morgan fingerprint density at radius 2 is 1.08 bits per heavy atom. The van der Waals surface area contributed by atoms with Crippen molar-refractivity contribution < 1.29 is 4.42 Å². The Kier molecular flexibility index (Phi) is 3.82. The van der Waals surface area contributed by atoms with Crippen molar-refractivity contribution in [2.45, 2.75) is 0 Å². The highest BCUT2D eigenvalue weighted by molar-refractivity contribution is 6.23. The molecule has 176 valence electrons. The minimum atomic E-state index is 0.920. The van der Waals surface area contributed by atoms with E-state index in [9.17, 15) is 0 Å². The SMILES string of the molecule is c1ccc2cc3c(cc2c1)c1ccc2ccccc2c1n3-c1cc2c3ccccc3oc2c2ccccc12. The summed E-state index contributed by atoms with van der Waals surface area (Å²) in [7, 11) is 0. The molecule has 0 aliphatic heterocycles. The molecule has 9 aromatic rings. The number of nitrogens with zero attached hydrogens (tertiary/aromatic N) is 1. The van der Waals surface area contributed by atoms with Gasteiger partial charge in [0.1, 0.15) is 11.2 Å². The number of furan rings is 1. The van der Waals surface area contributed by atoms with Crippen LogP contribution in [0.1, 0.15) is 0 Å². The maximum atomic E-state index is 6.43. The van der Waals surface area contributed by atoms with Crippen LogP contribution in [-0.4, -0.2) is 4.57 Å². The number of aromatic nitrogens is 1. The predicted molar refractivity (Wildman–Crippen MR) is 161 cm³/mol. The summed E-state index contributed by atoms with van der Waals surface area (Å²) in [6.07, 6.45) is 0. The average molecular weight is 484 g/mol. The lowest BCUT2D eigenvalue weighted by atomic mass is 10.0. The lowest BCUT2D eigenvalue weighted by molar-refractivity contribution is 0.672. The van der Waals surface area contributed by atoms with Gasteiger partial charge in [0.05, 0.1) is 16.7 Å². The maximum absolute atomic E-state index is 6.43. The molecule has 0 aliphatic rings. The number of para-hydroxylation sites is 1. The summed E-state index contributed by atoms with van der Waals surface area (Å²) in [5, 5.41) is 12.1. The van der Waals surface area contributed by atoms with Crippen LogP contribution in [0.15, 0.2) is 132 Å². The minimum absolute atomic E-state index is 0.920. The fraction of sp³-hybridized carbons (Fsp3) is 0. The van der Waals surface area contributed by atoms with Crippen molar-refractivity contribution in [3.05, 3.63) is 127 Å². The van der Waals surface area contributed by atoms with Crippen molar-refractivity contribution in [3.8, 4) is 5.69 Å². The van der Waals surface area contributed by atoms with E-state index >= 15 is 0 Å². The summed E-state index contributed by atoms with van der Waals surface area (Å²) < 4.78 is 8.92. The lowest BCUT2D eigenvalue weighted by Gasteiger charge is -2.14. The Bertz CT molecular complexity index is 2400. The van der Waals surface area contributed by atoms with Gasteiger partial charge in [0.2, 0.25) is 0 Å². The van der Waals surface area contributed by atoms with Crippen LogP contribution in [0.5, 0.6) is 0 Å². The highest BCUT2D eigenvalue weighted by Gasteiger charge is 2.20. The first-order chi connectivity index (χ1) is 18.8. The summed E-state index contributed by atoms with van der Waals surface area (Å²) in [5.74, 6) is 0. The summed E-state index contributed by atoms with van der Waals surface area (Å²) in [6.45, 7) is 0. The third-order valence-electron chi connectivity index (χ3n) is 8.12. The van der Waals surface area contributed by atoms with Gasteiger partial charge < -0.3 is 8.98 Å². The standard InChI is InChI=1S/C36H21NO/c1-2-11-24-20-32-30(19-23(24)10-1)28-18-17-22-9-3-4-12-25(22)35(28)37(32)33-21-31-27-14-7-8-16-34(27)38-36(31)29-15-6-5-13-26(29)33/h1-21H. The highest BCUT2D eigenvalue weighted by Crippen LogP contribution is 2.43. The molecule has 0 amide bonds. The van der Waals surface area contributed by atoms with Gasteiger partial charge in [0.15, 0.2) is 0 Å². The largest absolute Gasteiger partial charge is 0.455 e. The van der Waals surface area contributed by atoms with Gasteiger partial charge in [-0.2, -0.15) is 0 Å². The van der Waals surface area contributed by atoms with Crippen molar-refractivity contribution >= 4 is 76.1 Å². The van der Waals surface area contributed by atoms with Gasteiger partial charge in [-0.1, -0.05) is 103 Å². The summed E-state index contributed by atoms with van der Waals surface area (Å²) in [5.41, 5.74) is 5.49. The van der Waals surface area contributed by atoms with E-state index in [-0.39, 0.29) is 0 Å². The van der Waals surface area contributed by atoms with E-state index in [1.807, 2.05) is 6.07 Å². The van der Waals surface area contributed by atoms with Crippen LogP contribution < -0.4 is 0 Å². The van der Waals surface area contributed by atoms with Gasteiger partial charge in [-0.25, -0.2) is 0 Å². The Morgan fingerprint density at radius 1 is 0.421 bits per heavy atom. The molecule has 0 unspecified atom stereocenters. The number of benzene rings is 7. The molecule has 2 heterocycles. The average Bonchev–Trinajstić information content (AvgIpc) is 3.51. The molecule has 0 aliphatic carbocycles. The van der Waals surface area contributed by atoms with Crippen LogP contribution in [-0.2, 0) is 0 Å². The molecule has 0 bridgehead atoms. The van der Waals surface area contributed by atoms with E-state index in [0.717, 1.165) is 27.3 Å². The van der Waals surface area contributed by atoms with Gasteiger partial charge in [-0.15, -0.1) is 0 Å². The van der Waals surface area contributed by atoms with E-state index in [1.54, 1.807) is 0 Å². The van der Waals surface area contributed by atoms with Gasteiger partial charge in [0.25, 0.3) is 0 Å². The zero-order valence-electron chi connectivity index (χ0n) is 20.5. The van der Waals surface area contributed by atoms with E-state index < -0.39 is 0 Å². The maximum Gasteiger partial charge on any atom is 0.143 e. The first-order valence-electron chi connectivity index (χ1n) is 13.0. The second-order valence-corrected chi connectivity index (χ2v) is 10.2. The molecule has 0 saturated carbocycles. The van der Waals surface area contributed by atoms with Crippen molar-refractivity contribution in [2.75, 3.05) is 0 Å². The third kappa shape index (κ3) is 2.56. The fourth-order valence-electron chi connectivity index (χ4n) is 6.43. The van der Waals surface area contributed by atoms with Crippen molar-refractivity contribution in [3.63, 3.8) is 0 Å². The molecule has 0 N–H and O–H groups in total. The summed E-state index contributed by atoms with van der Waals surface area (Å²) >= 11 is 0. The Hall–Kier alpha value is -5.08. The summed E-state index contributed by atoms with van der Waals surface area (Å²) in [6, 6.07) is 45.9. The molecule has 2 aromatic heterocycles. The van der Waals surface area contributed by atoms with Crippen LogP contribution in [0.2, 0.25) is 0 Å². The van der Waals surface area contributed by atoms with Gasteiger partial charge in [-0.05, 0) is 40.4 Å². The number of hydrogen-bond donors (Lipinski definition) is 0.